The molecule has 0 heterocycles. The fraction of sp³-hybridized carbons (Fsp3) is 0.263. The fourth-order valence-electron chi connectivity index (χ4n) is 3.07. The molecule has 0 aromatic heterocycles. The second-order valence-electron chi connectivity index (χ2n) is 5.88. The molecule has 0 bridgehead atoms. The number of fused-ring (bicyclic) bond motifs is 1. The van der Waals surface area contributed by atoms with Gasteiger partial charge in [0.2, 0.25) is 5.91 Å². The zero-order chi connectivity index (χ0) is 16.2. The first-order valence-electron chi connectivity index (χ1n) is 7.81. The molecule has 1 atom stereocenters. The molecule has 2 aromatic rings. The van der Waals surface area contributed by atoms with Crippen LogP contribution in [0.4, 0.5) is 0 Å². The molecule has 3 rings (SSSR count). The minimum Gasteiger partial charge on any atom is -0.479 e. The number of carbonyl (C=O) groups excluding carboxylic acids is 1. The Morgan fingerprint density at radius 1 is 1.04 bits per heavy atom. The van der Waals surface area contributed by atoms with Crippen LogP contribution in [0.2, 0.25) is 0 Å². The van der Waals surface area contributed by atoms with Crippen molar-refractivity contribution in [3.63, 3.8) is 0 Å². The Morgan fingerprint density at radius 2 is 1.78 bits per heavy atom. The van der Waals surface area contributed by atoms with E-state index in [4.69, 9.17) is 0 Å². The van der Waals surface area contributed by atoms with Gasteiger partial charge < -0.3 is 10.4 Å². The van der Waals surface area contributed by atoms with Crippen LogP contribution in [0.25, 0.3) is 0 Å². The van der Waals surface area contributed by atoms with Gasteiger partial charge in [-0.25, -0.2) is 4.79 Å². The first-order chi connectivity index (χ1) is 11.1. The van der Waals surface area contributed by atoms with Crippen LogP contribution in [0, 0.1) is 0 Å². The van der Waals surface area contributed by atoms with E-state index in [9.17, 15) is 14.7 Å². The summed E-state index contributed by atoms with van der Waals surface area (Å²) in [6.45, 7) is 0. The number of carboxylic acid groups (broad SMARTS) is 1. The van der Waals surface area contributed by atoms with Crippen LogP contribution in [0.5, 0.6) is 0 Å². The van der Waals surface area contributed by atoms with Gasteiger partial charge in [-0.15, -0.1) is 0 Å². The van der Waals surface area contributed by atoms with Gasteiger partial charge in [0.05, 0.1) is 6.42 Å². The minimum absolute atomic E-state index is 0.198. The molecule has 4 heteroatoms. The number of benzene rings is 2. The topological polar surface area (TPSA) is 66.4 Å². The Hall–Kier alpha value is -2.62. The molecule has 1 aliphatic carbocycles. The van der Waals surface area contributed by atoms with Crippen molar-refractivity contribution >= 4 is 11.9 Å². The summed E-state index contributed by atoms with van der Waals surface area (Å²) < 4.78 is 0. The van der Waals surface area contributed by atoms with Crippen LogP contribution in [0.3, 0.4) is 0 Å². The van der Waals surface area contributed by atoms with Gasteiger partial charge in [0, 0.05) is 0 Å². The molecular formula is C19H19NO3. The zero-order valence-electron chi connectivity index (χ0n) is 12.8. The predicted octanol–water partition coefficient (Wildman–Crippen LogP) is 2.66. The largest absolute Gasteiger partial charge is 0.479 e. The quantitative estimate of drug-likeness (QED) is 0.892. The molecule has 0 radical (unpaired) electrons. The Balaban J connectivity index is 1.69. The van der Waals surface area contributed by atoms with Crippen LogP contribution < -0.4 is 5.32 Å². The van der Waals surface area contributed by atoms with Gasteiger partial charge in [0.25, 0.3) is 0 Å². The van der Waals surface area contributed by atoms with Crippen LogP contribution in [0.15, 0.2) is 48.5 Å². The summed E-state index contributed by atoms with van der Waals surface area (Å²) in [6, 6.07) is 13.8. The maximum absolute atomic E-state index is 12.2. The molecule has 0 fully saturated rings. The van der Waals surface area contributed by atoms with Crippen molar-refractivity contribution < 1.29 is 14.7 Å². The molecule has 2 aromatic carbocycles. The normalized spacial score (nSPS) is 14.1. The van der Waals surface area contributed by atoms with Gasteiger partial charge in [-0.2, -0.15) is 0 Å². The molecule has 0 spiro atoms. The van der Waals surface area contributed by atoms with E-state index in [1.807, 2.05) is 12.1 Å². The van der Waals surface area contributed by atoms with Crippen LogP contribution in [-0.4, -0.2) is 17.0 Å². The highest BCUT2D eigenvalue weighted by molar-refractivity contribution is 5.85. The Kier molecular flexibility index (Phi) is 4.42. The van der Waals surface area contributed by atoms with E-state index in [1.54, 1.807) is 24.3 Å². The average molecular weight is 309 g/mol. The summed E-state index contributed by atoms with van der Waals surface area (Å²) in [5.74, 6) is -1.34. The number of carbonyl (C=O) groups is 2. The van der Waals surface area contributed by atoms with E-state index < -0.39 is 12.0 Å². The maximum atomic E-state index is 12.2. The van der Waals surface area contributed by atoms with Gasteiger partial charge >= 0.3 is 5.97 Å². The van der Waals surface area contributed by atoms with E-state index in [-0.39, 0.29) is 12.3 Å². The average Bonchev–Trinajstić information content (AvgIpc) is 3.01. The van der Waals surface area contributed by atoms with Gasteiger partial charge in [-0.1, -0.05) is 48.5 Å². The van der Waals surface area contributed by atoms with Gasteiger partial charge in [-0.05, 0) is 41.5 Å². The third-order valence-corrected chi connectivity index (χ3v) is 4.21. The van der Waals surface area contributed by atoms with Gasteiger partial charge in [-0.3, -0.25) is 4.79 Å². The highest BCUT2D eigenvalue weighted by Gasteiger charge is 2.22. The number of aliphatic carboxylic acids is 1. The number of hydrogen-bond donors (Lipinski definition) is 2. The van der Waals surface area contributed by atoms with Crippen LogP contribution in [-0.2, 0) is 28.9 Å². The number of rotatable bonds is 5. The van der Waals surface area contributed by atoms with Crippen LogP contribution >= 0.6 is 0 Å². The number of hydrogen-bond acceptors (Lipinski definition) is 2. The summed E-state index contributed by atoms with van der Waals surface area (Å²) >= 11 is 0. The minimum atomic E-state index is -1.06. The summed E-state index contributed by atoms with van der Waals surface area (Å²) in [7, 11) is 0. The third-order valence-electron chi connectivity index (χ3n) is 4.21. The molecule has 0 aliphatic heterocycles. The zero-order valence-corrected chi connectivity index (χ0v) is 12.8. The fourth-order valence-corrected chi connectivity index (χ4v) is 3.07. The third kappa shape index (κ3) is 3.59. The summed E-state index contributed by atoms with van der Waals surface area (Å²) in [4.78, 5) is 23.7. The highest BCUT2D eigenvalue weighted by Crippen LogP contribution is 2.23. The number of carboxylic acids is 1. The standard InChI is InChI=1S/C19H19NO3/c21-17(12-13-9-10-14-7-4-8-16(14)11-13)20-18(19(22)23)15-5-2-1-3-6-15/h1-3,5-6,9-11,18H,4,7-8,12H2,(H,20,21)(H,22,23)/t18-/m0/s1. The van der Waals surface area contributed by atoms with Crippen molar-refractivity contribution in [1.29, 1.82) is 0 Å². The Labute approximate surface area is 135 Å². The molecule has 118 valence electrons. The maximum Gasteiger partial charge on any atom is 0.330 e. The lowest BCUT2D eigenvalue weighted by Crippen LogP contribution is -2.34. The van der Waals surface area contributed by atoms with Crippen molar-refractivity contribution in [3.05, 3.63) is 70.8 Å². The Bertz CT molecular complexity index is 725. The predicted molar refractivity (Wildman–Crippen MR) is 87.1 cm³/mol. The number of aryl methyl sites for hydroxylation is 2. The van der Waals surface area contributed by atoms with Crippen molar-refractivity contribution in [1.82, 2.24) is 5.32 Å². The van der Waals surface area contributed by atoms with E-state index >= 15 is 0 Å². The second kappa shape index (κ2) is 6.65. The molecule has 1 amide bonds. The molecule has 2 N–H and O–H groups in total. The molecule has 1 aliphatic rings. The molecule has 23 heavy (non-hydrogen) atoms. The number of nitrogens with one attached hydrogen (secondary N) is 1. The van der Waals surface area contributed by atoms with E-state index in [0.29, 0.717) is 5.56 Å². The van der Waals surface area contributed by atoms with E-state index in [2.05, 4.69) is 17.4 Å². The lowest BCUT2D eigenvalue weighted by molar-refractivity contribution is -0.141. The molecule has 0 unspecified atom stereocenters. The van der Waals surface area contributed by atoms with Gasteiger partial charge in [0.1, 0.15) is 0 Å². The smallest absolute Gasteiger partial charge is 0.330 e. The number of amides is 1. The summed E-state index contributed by atoms with van der Waals surface area (Å²) in [6.07, 6.45) is 3.54. The SMILES string of the molecule is O=C(Cc1ccc2c(c1)CCC2)N[C@H](C(=O)O)c1ccccc1. The van der Waals surface area contributed by atoms with Crippen molar-refractivity contribution in [2.24, 2.45) is 0 Å². The molecule has 0 saturated heterocycles. The summed E-state index contributed by atoms with van der Waals surface area (Å²) in [5.41, 5.74) is 4.18. The Morgan fingerprint density at radius 3 is 2.52 bits per heavy atom. The lowest BCUT2D eigenvalue weighted by atomic mass is 10.0. The second-order valence-corrected chi connectivity index (χ2v) is 5.88. The van der Waals surface area contributed by atoms with Crippen molar-refractivity contribution in [2.75, 3.05) is 0 Å². The van der Waals surface area contributed by atoms with E-state index in [1.165, 1.54) is 17.5 Å². The lowest BCUT2D eigenvalue weighted by Gasteiger charge is -2.15. The van der Waals surface area contributed by atoms with Gasteiger partial charge in [0.15, 0.2) is 6.04 Å². The first kappa shape index (κ1) is 15.3. The van der Waals surface area contributed by atoms with Crippen LogP contribution in [0.1, 0.15) is 34.7 Å². The molecular weight excluding hydrogens is 290 g/mol. The van der Waals surface area contributed by atoms with Crippen molar-refractivity contribution in [3.8, 4) is 0 Å². The molecule has 4 nitrogen and oxygen atoms in total. The van der Waals surface area contributed by atoms with Crippen molar-refractivity contribution in [2.45, 2.75) is 31.7 Å². The highest BCUT2D eigenvalue weighted by atomic mass is 16.4. The summed E-state index contributed by atoms with van der Waals surface area (Å²) in [5, 5.41) is 12.0. The molecule has 0 saturated carbocycles. The van der Waals surface area contributed by atoms with E-state index in [0.717, 1.165) is 18.4 Å². The first-order valence-corrected chi connectivity index (χ1v) is 7.81. The monoisotopic (exact) mass is 309 g/mol.